The second-order valence-corrected chi connectivity index (χ2v) is 16.0. The number of para-hydroxylation sites is 1. The average molecular weight is 713 g/mol. The molecule has 11 aromatic rings. The lowest BCUT2D eigenvalue weighted by Crippen LogP contribution is -2.15. The smallest absolute Gasteiger partial charge is 0.136 e. The maximum atomic E-state index is 6.67. The van der Waals surface area contributed by atoms with Crippen molar-refractivity contribution in [3.05, 3.63) is 193 Å². The fourth-order valence-electron chi connectivity index (χ4n) is 10.2. The van der Waals surface area contributed by atoms with Crippen molar-refractivity contribution in [3.8, 4) is 44.5 Å². The highest BCUT2D eigenvalue weighted by Crippen LogP contribution is 2.55. The van der Waals surface area contributed by atoms with Crippen LogP contribution in [0, 0.1) is 0 Å². The van der Waals surface area contributed by atoms with Crippen LogP contribution in [-0.4, -0.2) is 0 Å². The number of rotatable bonds is 3. The molecule has 0 amide bonds. The molecule has 12 rings (SSSR count). The molecule has 0 aliphatic heterocycles. The van der Waals surface area contributed by atoms with Gasteiger partial charge < -0.3 is 4.42 Å². The highest BCUT2D eigenvalue weighted by Gasteiger charge is 2.38. The predicted molar refractivity (Wildman–Crippen MR) is 238 cm³/mol. The topological polar surface area (TPSA) is 13.1 Å². The Kier molecular flexibility index (Phi) is 6.46. The van der Waals surface area contributed by atoms with Gasteiger partial charge in [-0.15, -0.1) is 0 Å². The molecule has 1 aliphatic carbocycles. The third-order valence-corrected chi connectivity index (χ3v) is 12.6. The van der Waals surface area contributed by atoms with E-state index in [9.17, 15) is 0 Å². The molecule has 1 nitrogen and oxygen atoms in total. The molecule has 0 atom stereocenters. The van der Waals surface area contributed by atoms with Gasteiger partial charge in [-0.25, -0.2) is 0 Å². The maximum Gasteiger partial charge on any atom is 0.136 e. The van der Waals surface area contributed by atoms with Crippen molar-refractivity contribution in [1.29, 1.82) is 0 Å². The molecule has 1 aliphatic rings. The molecule has 1 aromatic heterocycles. The van der Waals surface area contributed by atoms with E-state index in [1.807, 2.05) is 0 Å². The van der Waals surface area contributed by atoms with Crippen LogP contribution in [0.25, 0.3) is 110 Å². The minimum absolute atomic E-state index is 0.185. The summed E-state index contributed by atoms with van der Waals surface area (Å²) in [7, 11) is 0. The lowest BCUT2D eigenvalue weighted by Gasteiger charge is -2.25. The van der Waals surface area contributed by atoms with Gasteiger partial charge in [-0.3, -0.25) is 0 Å². The van der Waals surface area contributed by atoms with Gasteiger partial charge in [0, 0.05) is 16.2 Å². The summed E-state index contributed by atoms with van der Waals surface area (Å²) in [6.45, 7) is 4.79. The first-order valence-corrected chi connectivity index (χ1v) is 19.6. The van der Waals surface area contributed by atoms with E-state index in [4.69, 9.17) is 4.42 Å². The summed E-state index contributed by atoms with van der Waals surface area (Å²) < 4.78 is 6.67. The second-order valence-electron chi connectivity index (χ2n) is 16.0. The number of fused-ring (bicyclic) bond motifs is 12. The quantitative estimate of drug-likeness (QED) is 0.166. The van der Waals surface area contributed by atoms with Gasteiger partial charge >= 0.3 is 0 Å². The van der Waals surface area contributed by atoms with E-state index in [0.29, 0.717) is 0 Å². The highest BCUT2D eigenvalue weighted by atomic mass is 16.3. The summed E-state index contributed by atoms with van der Waals surface area (Å²) in [5.74, 6) is 0. The Morgan fingerprint density at radius 3 is 1.71 bits per heavy atom. The molecular weight excluding hydrogens is 677 g/mol. The maximum absolute atomic E-state index is 6.67. The van der Waals surface area contributed by atoms with Crippen LogP contribution in [-0.2, 0) is 5.41 Å². The van der Waals surface area contributed by atoms with Crippen molar-refractivity contribution in [2.24, 2.45) is 0 Å². The van der Waals surface area contributed by atoms with Crippen molar-refractivity contribution >= 4 is 65.0 Å². The number of benzene rings is 10. The van der Waals surface area contributed by atoms with Crippen molar-refractivity contribution in [2.45, 2.75) is 19.3 Å². The Balaban J connectivity index is 1.15. The Bertz CT molecular complexity index is 3390. The van der Waals surface area contributed by atoms with Crippen molar-refractivity contribution in [1.82, 2.24) is 0 Å². The average Bonchev–Trinajstić information content (AvgIpc) is 3.74. The van der Waals surface area contributed by atoms with E-state index in [2.05, 4.69) is 196 Å². The fourth-order valence-corrected chi connectivity index (χ4v) is 10.2. The molecule has 56 heavy (non-hydrogen) atoms. The number of hydrogen-bond donors (Lipinski definition) is 0. The van der Waals surface area contributed by atoms with Gasteiger partial charge in [0.25, 0.3) is 0 Å². The SMILES string of the molecule is CC1(C)c2ccccc2-c2ccc3c(c(-c4cccc(-c5c6ccccc6c(-c6ccc7ccccc7c6)c6ccccc56)c4)cc4oc5ccccc5c43)c21. The molecule has 0 radical (unpaired) electrons. The minimum atomic E-state index is -0.185. The van der Waals surface area contributed by atoms with E-state index in [1.165, 1.54) is 104 Å². The first-order chi connectivity index (χ1) is 27.5. The number of furan rings is 1. The first kappa shape index (κ1) is 31.4. The summed E-state index contributed by atoms with van der Waals surface area (Å²) in [6.07, 6.45) is 0. The minimum Gasteiger partial charge on any atom is -0.456 e. The van der Waals surface area contributed by atoms with Crippen molar-refractivity contribution in [2.75, 3.05) is 0 Å². The summed E-state index contributed by atoms with van der Waals surface area (Å²) in [5.41, 5.74) is 14.4. The molecule has 1 heteroatoms. The molecule has 0 saturated carbocycles. The third kappa shape index (κ3) is 4.31. The van der Waals surface area contributed by atoms with Crippen LogP contribution in [0.4, 0.5) is 0 Å². The highest BCUT2D eigenvalue weighted by molar-refractivity contribution is 6.25. The van der Waals surface area contributed by atoms with Gasteiger partial charge in [0.05, 0.1) is 0 Å². The molecule has 0 bridgehead atoms. The van der Waals surface area contributed by atoms with Crippen LogP contribution in [0.2, 0.25) is 0 Å². The standard InChI is InChI=1S/C55H36O/c1-55(2)47-24-11-9-18-38(47)43-28-29-45-52-44-23-10-12-25-48(44)56-49(52)32-46(53(45)54(43)55)35-16-13-17-36(31-35)50-39-19-5-7-21-41(39)51(42-22-8-6-20-40(42)50)37-27-26-33-14-3-4-15-34(33)30-37/h3-32H,1-2H3. The van der Waals surface area contributed by atoms with E-state index < -0.39 is 0 Å². The molecule has 262 valence electrons. The third-order valence-electron chi connectivity index (χ3n) is 12.6. The molecule has 0 spiro atoms. The van der Waals surface area contributed by atoms with Gasteiger partial charge in [-0.1, -0.05) is 172 Å². The molecule has 0 saturated heterocycles. The normalized spacial score (nSPS) is 13.3. The summed E-state index contributed by atoms with van der Waals surface area (Å²) >= 11 is 0. The van der Waals surface area contributed by atoms with Crippen LogP contribution in [0.5, 0.6) is 0 Å². The van der Waals surface area contributed by atoms with Crippen LogP contribution in [0.15, 0.2) is 186 Å². The zero-order valence-electron chi connectivity index (χ0n) is 31.2. The summed E-state index contributed by atoms with van der Waals surface area (Å²) in [6, 6.07) is 67.1. The van der Waals surface area contributed by atoms with Crippen molar-refractivity contribution < 1.29 is 4.42 Å². The largest absolute Gasteiger partial charge is 0.456 e. The van der Waals surface area contributed by atoms with E-state index in [0.717, 1.165) is 16.6 Å². The predicted octanol–water partition coefficient (Wildman–Crippen LogP) is 15.5. The Morgan fingerprint density at radius 2 is 0.964 bits per heavy atom. The van der Waals surface area contributed by atoms with Gasteiger partial charge in [0.1, 0.15) is 11.2 Å². The molecule has 1 heterocycles. The van der Waals surface area contributed by atoms with Crippen molar-refractivity contribution in [3.63, 3.8) is 0 Å². The lowest BCUT2D eigenvalue weighted by atomic mass is 9.78. The van der Waals surface area contributed by atoms with Gasteiger partial charge in [-0.05, 0) is 123 Å². The second kappa shape index (κ2) is 11.5. The van der Waals surface area contributed by atoms with Crippen LogP contribution in [0.1, 0.15) is 25.0 Å². The molecule has 0 fully saturated rings. The molecule has 0 unspecified atom stereocenters. The van der Waals surface area contributed by atoms with Crippen LogP contribution in [0.3, 0.4) is 0 Å². The summed E-state index contributed by atoms with van der Waals surface area (Å²) in [4.78, 5) is 0. The van der Waals surface area contributed by atoms with E-state index >= 15 is 0 Å². The number of hydrogen-bond acceptors (Lipinski definition) is 1. The van der Waals surface area contributed by atoms with Crippen LogP contribution >= 0.6 is 0 Å². The van der Waals surface area contributed by atoms with Gasteiger partial charge in [-0.2, -0.15) is 0 Å². The zero-order valence-corrected chi connectivity index (χ0v) is 31.2. The van der Waals surface area contributed by atoms with E-state index in [-0.39, 0.29) is 5.41 Å². The Hall–Kier alpha value is -6.96. The lowest BCUT2D eigenvalue weighted by molar-refractivity contribution is 0.665. The molecule has 10 aromatic carbocycles. The molecular formula is C55H36O. The Morgan fingerprint density at radius 1 is 0.357 bits per heavy atom. The monoisotopic (exact) mass is 712 g/mol. The van der Waals surface area contributed by atoms with Gasteiger partial charge in [0.2, 0.25) is 0 Å². The van der Waals surface area contributed by atoms with Gasteiger partial charge in [0.15, 0.2) is 0 Å². The first-order valence-electron chi connectivity index (χ1n) is 19.6. The summed E-state index contributed by atoms with van der Waals surface area (Å²) in [5, 5.41) is 12.4. The van der Waals surface area contributed by atoms with Crippen LogP contribution < -0.4 is 0 Å². The van der Waals surface area contributed by atoms with E-state index in [1.54, 1.807) is 0 Å². The zero-order chi connectivity index (χ0) is 37.1. The fraction of sp³-hybridized carbons (Fsp3) is 0.0545. The Labute approximate surface area is 325 Å². The molecule has 0 N–H and O–H groups in total.